The summed E-state index contributed by atoms with van der Waals surface area (Å²) >= 11 is 0. The highest BCUT2D eigenvalue weighted by molar-refractivity contribution is 6.06. The number of aromatic nitrogens is 1. The van der Waals surface area contributed by atoms with Crippen LogP contribution in [-0.4, -0.2) is 47.9 Å². The van der Waals surface area contributed by atoms with E-state index >= 15 is 0 Å². The minimum Gasteiger partial charge on any atom is -0.349 e. The number of halogens is 2. The number of fused-ring (bicyclic) bond motifs is 1. The Bertz CT molecular complexity index is 679. The zero-order chi connectivity index (χ0) is 16.2. The Hall–Kier alpha value is -2.08. The number of alkyl halides is 2. The lowest BCUT2D eigenvalue weighted by Gasteiger charge is -2.32. The van der Waals surface area contributed by atoms with Crippen molar-refractivity contribution in [3.63, 3.8) is 0 Å². The van der Waals surface area contributed by atoms with Gasteiger partial charge in [-0.1, -0.05) is 12.1 Å². The maximum atomic E-state index is 12.5. The molecule has 0 saturated carbocycles. The lowest BCUT2D eigenvalue weighted by atomic mass is 10.0. The molecule has 122 valence electrons. The van der Waals surface area contributed by atoms with Crippen LogP contribution in [0.5, 0.6) is 0 Å². The van der Waals surface area contributed by atoms with Crippen LogP contribution in [-0.2, 0) is 0 Å². The van der Waals surface area contributed by atoms with Gasteiger partial charge in [0.2, 0.25) is 0 Å². The smallest absolute Gasteiger partial charge is 0.252 e. The molecule has 1 aliphatic heterocycles. The summed E-state index contributed by atoms with van der Waals surface area (Å²) in [5.74, 6) is -0.117. The summed E-state index contributed by atoms with van der Waals surface area (Å²) < 4.78 is 24.8. The number of pyridine rings is 1. The van der Waals surface area contributed by atoms with E-state index in [1.54, 1.807) is 23.4 Å². The third kappa shape index (κ3) is 3.82. The van der Waals surface area contributed by atoms with E-state index in [2.05, 4.69) is 10.3 Å². The number of amides is 1. The average Bonchev–Trinajstić information content (AvgIpc) is 2.55. The van der Waals surface area contributed by atoms with Gasteiger partial charge in [-0.15, -0.1) is 0 Å². The van der Waals surface area contributed by atoms with E-state index < -0.39 is 6.43 Å². The minimum atomic E-state index is -2.30. The number of nitrogens with one attached hydrogen (secondary N) is 1. The third-order valence-electron chi connectivity index (χ3n) is 4.24. The van der Waals surface area contributed by atoms with Crippen LogP contribution in [0.1, 0.15) is 23.2 Å². The van der Waals surface area contributed by atoms with Gasteiger partial charge in [0.05, 0.1) is 6.54 Å². The van der Waals surface area contributed by atoms with Gasteiger partial charge >= 0.3 is 0 Å². The Morgan fingerprint density at radius 1 is 1.30 bits per heavy atom. The Morgan fingerprint density at radius 2 is 2.09 bits per heavy atom. The average molecular weight is 319 g/mol. The predicted molar refractivity (Wildman–Crippen MR) is 84.7 cm³/mol. The Morgan fingerprint density at radius 3 is 2.83 bits per heavy atom. The molecule has 1 aromatic heterocycles. The van der Waals surface area contributed by atoms with Gasteiger partial charge in [0.1, 0.15) is 0 Å². The van der Waals surface area contributed by atoms with Crippen molar-refractivity contribution in [1.82, 2.24) is 15.2 Å². The van der Waals surface area contributed by atoms with Crippen molar-refractivity contribution in [3.05, 3.63) is 42.2 Å². The van der Waals surface area contributed by atoms with Crippen LogP contribution in [0.15, 0.2) is 36.7 Å². The van der Waals surface area contributed by atoms with Crippen LogP contribution >= 0.6 is 0 Å². The minimum absolute atomic E-state index is 0.0357. The molecule has 1 aromatic carbocycles. The number of nitrogens with zero attached hydrogens (tertiary/aromatic N) is 2. The van der Waals surface area contributed by atoms with Crippen LogP contribution in [0.2, 0.25) is 0 Å². The van der Waals surface area contributed by atoms with Crippen molar-refractivity contribution in [2.45, 2.75) is 25.3 Å². The van der Waals surface area contributed by atoms with E-state index in [0.29, 0.717) is 31.5 Å². The number of benzene rings is 1. The number of carbonyl (C=O) groups is 1. The number of hydrogen-bond donors (Lipinski definition) is 1. The molecular formula is C17H19F2N3O. The summed E-state index contributed by atoms with van der Waals surface area (Å²) in [5.41, 5.74) is 0.625. The number of likely N-dealkylation sites (tertiary alicyclic amines) is 1. The van der Waals surface area contributed by atoms with Crippen molar-refractivity contribution in [2.75, 3.05) is 19.6 Å². The summed E-state index contributed by atoms with van der Waals surface area (Å²) in [7, 11) is 0. The molecule has 1 N–H and O–H groups in total. The van der Waals surface area contributed by atoms with Gasteiger partial charge < -0.3 is 5.32 Å². The molecule has 0 atom stereocenters. The quantitative estimate of drug-likeness (QED) is 0.942. The summed E-state index contributed by atoms with van der Waals surface area (Å²) in [6.45, 7) is 1.00. The monoisotopic (exact) mass is 319 g/mol. The molecule has 2 heterocycles. The van der Waals surface area contributed by atoms with Crippen molar-refractivity contribution >= 4 is 16.7 Å². The van der Waals surface area contributed by atoms with Crippen LogP contribution in [0.25, 0.3) is 10.8 Å². The van der Waals surface area contributed by atoms with Crippen molar-refractivity contribution < 1.29 is 13.6 Å². The van der Waals surface area contributed by atoms with Crippen molar-refractivity contribution in [3.8, 4) is 0 Å². The SMILES string of the molecule is O=C(NC1CCN(CC(F)F)CC1)c1cccc2cnccc12. The molecule has 1 aliphatic rings. The maximum Gasteiger partial charge on any atom is 0.252 e. The van der Waals surface area contributed by atoms with E-state index in [1.807, 2.05) is 18.2 Å². The maximum absolute atomic E-state index is 12.5. The van der Waals surface area contributed by atoms with Crippen molar-refractivity contribution in [2.24, 2.45) is 0 Å². The molecule has 6 heteroatoms. The molecule has 0 aliphatic carbocycles. The first-order valence-corrected chi connectivity index (χ1v) is 7.77. The third-order valence-corrected chi connectivity index (χ3v) is 4.24. The van der Waals surface area contributed by atoms with Gasteiger partial charge in [-0.2, -0.15) is 0 Å². The predicted octanol–water partition coefficient (Wildman–Crippen LogP) is 2.69. The second kappa shape index (κ2) is 7.00. The highest BCUT2D eigenvalue weighted by Gasteiger charge is 2.23. The number of rotatable bonds is 4. The van der Waals surface area contributed by atoms with Crippen LogP contribution < -0.4 is 5.32 Å². The summed E-state index contributed by atoms with van der Waals surface area (Å²) in [6, 6.07) is 7.42. The zero-order valence-electron chi connectivity index (χ0n) is 12.7. The molecule has 0 radical (unpaired) electrons. The highest BCUT2D eigenvalue weighted by Crippen LogP contribution is 2.18. The fraction of sp³-hybridized carbons (Fsp3) is 0.412. The molecule has 23 heavy (non-hydrogen) atoms. The van der Waals surface area contributed by atoms with E-state index in [9.17, 15) is 13.6 Å². The van der Waals surface area contributed by atoms with Gasteiger partial charge in [-0.25, -0.2) is 8.78 Å². The number of hydrogen-bond acceptors (Lipinski definition) is 3. The molecule has 0 unspecified atom stereocenters. The topological polar surface area (TPSA) is 45.2 Å². The van der Waals surface area contributed by atoms with Crippen LogP contribution in [0.3, 0.4) is 0 Å². The molecule has 0 bridgehead atoms. The van der Waals surface area contributed by atoms with Gasteiger partial charge in [-0.3, -0.25) is 14.7 Å². The molecule has 1 fully saturated rings. The Kier molecular flexibility index (Phi) is 4.81. The van der Waals surface area contributed by atoms with E-state index in [-0.39, 0.29) is 18.5 Å². The van der Waals surface area contributed by atoms with Crippen LogP contribution in [0, 0.1) is 0 Å². The number of piperidine rings is 1. The van der Waals surface area contributed by atoms with E-state index in [0.717, 1.165) is 10.8 Å². The number of carbonyl (C=O) groups excluding carboxylic acids is 1. The largest absolute Gasteiger partial charge is 0.349 e. The fourth-order valence-electron chi connectivity index (χ4n) is 3.04. The van der Waals surface area contributed by atoms with E-state index in [4.69, 9.17) is 0 Å². The lowest BCUT2D eigenvalue weighted by Crippen LogP contribution is -2.45. The molecule has 4 nitrogen and oxygen atoms in total. The van der Waals surface area contributed by atoms with E-state index in [1.165, 1.54) is 0 Å². The molecule has 3 rings (SSSR count). The molecule has 2 aromatic rings. The van der Waals surface area contributed by atoms with Crippen molar-refractivity contribution in [1.29, 1.82) is 0 Å². The van der Waals surface area contributed by atoms with Gasteiger partial charge in [0, 0.05) is 42.5 Å². The molecule has 1 amide bonds. The second-order valence-electron chi connectivity index (χ2n) is 5.84. The standard InChI is InChI=1S/C17H19F2N3O/c18-16(19)11-22-8-5-13(6-9-22)21-17(23)15-3-1-2-12-10-20-7-4-14(12)15/h1-4,7,10,13,16H,5-6,8-9,11H2,(H,21,23). The fourth-order valence-corrected chi connectivity index (χ4v) is 3.04. The van der Waals surface area contributed by atoms with Gasteiger partial charge in [0.15, 0.2) is 0 Å². The normalized spacial score (nSPS) is 16.8. The first kappa shape index (κ1) is 15.8. The molecular weight excluding hydrogens is 300 g/mol. The molecule has 0 spiro atoms. The highest BCUT2D eigenvalue weighted by atomic mass is 19.3. The zero-order valence-corrected chi connectivity index (χ0v) is 12.7. The summed E-state index contributed by atoms with van der Waals surface area (Å²) in [6.07, 6.45) is 2.50. The first-order chi connectivity index (χ1) is 11.1. The summed E-state index contributed by atoms with van der Waals surface area (Å²) in [4.78, 5) is 18.3. The lowest BCUT2D eigenvalue weighted by molar-refractivity contribution is 0.0696. The second-order valence-corrected chi connectivity index (χ2v) is 5.84. The van der Waals surface area contributed by atoms with Crippen LogP contribution in [0.4, 0.5) is 8.78 Å². The van der Waals surface area contributed by atoms with Gasteiger partial charge in [-0.05, 0) is 30.4 Å². The summed E-state index contributed by atoms with van der Waals surface area (Å²) in [5, 5.41) is 4.82. The van der Waals surface area contributed by atoms with Gasteiger partial charge in [0.25, 0.3) is 12.3 Å². The first-order valence-electron chi connectivity index (χ1n) is 7.77. The Labute approximate surface area is 133 Å². The molecule has 1 saturated heterocycles. The Balaban J connectivity index is 1.63.